The normalized spacial score (nSPS) is 7.66. The Morgan fingerprint density at radius 2 is 0.566 bits per heavy atom. The van der Waals surface area contributed by atoms with Crippen molar-refractivity contribution in [3.8, 4) is 105 Å². The molecular weight excluding hydrogens is 2630 g/mol. The van der Waals surface area contributed by atoms with Crippen LogP contribution in [-0.2, 0) is 107 Å². The second kappa shape index (κ2) is 104. The minimum atomic E-state index is -4.40. The molecule has 0 saturated heterocycles. The van der Waals surface area contributed by atoms with E-state index in [1.165, 1.54) is 100.0 Å². The van der Waals surface area contributed by atoms with Gasteiger partial charge in [-0.3, -0.25) is 51.8 Å². The van der Waals surface area contributed by atoms with Crippen molar-refractivity contribution >= 4 is 62.5 Å². The van der Waals surface area contributed by atoms with Crippen molar-refractivity contribution in [1.82, 2.24) is 24.9 Å². The number of alkyl halides is 3. The summed E-state index contributed by atoms with van der Waals surface area (Å²) >= 11 is 0. The molecule has 0 bridgehead atoms. The van der Waals surface area contributed by atoms with Crippen LogP contribution in [0.5, 0.6) is 0 Å². The molecule has 0 saturated carbocycles. The number of rotatable bonds is 5. The van der Waals surface area contributed by atoms with Gasteiger partial charge in [-0.25, -0.2) is 4.39 Å². The standard InChI is InChI=1S/3C15H10N.C12H6F4N.C11H8N.8C2H3N.4BF3.4FH.5Ir.Na.2H2O/c2*1-2-7-13(8-3-1)15-14-9-5-4-6-12(14)10-11-16-15;1-2-6-12(7-3-1)15-10-13-8-4-5-9-14(13)11-16-15;13-10-5-6-17-11(7-10)8-1-3-9(4-2-8)12(14,15)16;1-2-6-10(7-3-1)11-8-4-5-9-12-11;8*1-2-3;4*2-1(3)4;;;;;;;;;;;;/h2*1-7,9-11H;1-6,8-11H;1,3-7H;1-6,8-9H;8*1H3;;;;;4*1H;;;;;;;2*1H2/q5*-1;;;;;;;;;;;;;;;;;;;;;;+1;;/p-4. The molecular formula is C84H72B4F20Ir5N13NaO2-8. The maximum Gasteiger partial charge on any atom is 1.00 e. The first kappa shape index (κ1) is 155. The molecule has 0 unspecified atom stereocenters. The zero-order valence-corrected chi connectivity index (χ0v) is 82.7. The molecule has 0 aliphatic rings. The molecule has 13 rings (SSSR count). The summed E-state index contributed by atoms with van der Waals surface area (Å²) in [6.07, 6.45) is 4.24. The summed E-state index contributed by atoms with van der Waals surface area (Å²) in [4.78, 5) is 21.4. The van der Waals surface area contributed by atoms with E-state index in [1.54, 1.807) is 54.8 Å². The van der Waals surface area contributed by atoms with Gasteiger partial charge in [0.15, 0.2) is 0 Å². The number of fused-ring (bicyclic) bond motifs is 3. The zero-order valence-electron chi connectivity index (χ0n) is 68.8. The van der Waals surface area contributed by atoms with E-state index in [1.807, 2.05) is 182 Å². The number of aromatic nitrogens is 5. The van der Waals surface area contributed by atoms with Crippen molar-refractivity contribution in [2.45, 2.75) is 61.6 Å². The minimum absolute atomic E-state index is 0. The van der Waals surface area contributed by atoms with Gasteiger partial charge in [-0.15, -0.1) is 173 Å². The van der Waals surface area contributed by atoms with Crippen molar-refractivity contribution in [3.05, 3.63) is 309 Å². The van der Waals surface area contributed by atoms with Gasteiger partial charge >= 0.3 is 65.9 Å². The Morgan fingerprint density at radius 3 is 0.860 bits per heavy atom. The van der Waals surface area contributed by atoms with Gasteiger partial charge in [-0.05, 0) is 96.7 Å². The molecule has 4 N–H and O–H groups in total. The summed E-state index contributed by atoms with van der Waals surface area (Å²) in [7, 11) is -14.7. The number of pyridine rings is 5. The van der Waals surface area contributed by atoms with E-state index < -0.39 is 47.7 Å². The molecule has 0 atom stereocenters. The Hall–Kier alpha value is -10.8. The molecule has 129 heavy (non-hydrogen) atoms. The van der Waals surface area contributed by atoms with Crippen LogP contribution in [0.3, 0.4) is 0 Å². The van der Waals surface area contributed by atoms with Crippen LogP contribution in [0.1, 0.15) is 61.0 Å². The third kappa shape index (κ3) is 82.7. The van der Waals surface area contributed by atoms with Crippen LogP contribution in [0.15, 0.2) is 268 Å². The minimum Gasteiger partial charge on any atom is -1.00 e. The van der Waals surface area contributed by atoms with Crippen molar-refractivity contribution in [3.63, 3.8) is 0 Å². The summed E-state index contributed by atoms with van der Waals surface area (Å²) in [5.41, 5.74) is 7.87. The molecule has 0 fully saturated rings. The van der Waals surface area contributed by atoms with Crippen molar-refractivity contribution in [1.29, 1.82) is 42.1 Å². The monoisotopic (exact) mass is 2710 g/mol. The fourth-order valence-corrected chi connectivity index (χ4v) is 7.92. The van der Waals surface area contributed by atoms with Gasteiger partial charge in [0.1, 0.15) is 5.82 Å². The number of benzene rings is 8. The second-order valence-corrected chi connectivity index (χ2v) is 19.6. The first-order valence-corrected chi connectivity index (χ1v) is 32.7. The van der Waals surface area contributed by atoms with Crippen LogP contribution >= 0.6 is 0 Å². The van der Waals surface area contributed by atoms with Crippen LogP contribution in [-0.4, -0.2) is 66.0 Å². The van der Waals surface area contributed by atoms with Crippen molar-refractivity contribution in [2.75, 3.05) is 0 Å². The molecule has 15 nitrogen and oxygen atoms in total. The van der Waals surface area contributed by atoms with Crippen LogP contribution in [0, 0.1) is 127 Å². The summed E-state index contributed by atoms with van der Waals surface area (Å²) in [6.45, 7) is 11.4. The van der Waals surface area contributed by atoms with E-state index in [9.17, 15) is 69.3 Å². The Labute approximate surface area is 827 Å². The number of hydrogen-bond donors (Lipinski definition) is 0. The summed E-state index contributed by atoms with van der Waals surface area (Å²) in [5.74, 6) is -0.497. The first-order chi connectivity index (χ1) is 56.0. The largest absolute Gasteiger partial charge is 1.00 e. The van der Waals surface area contributed by atoms with Crippen molar-refractivity contribution in [2.24, 2.45) is 0 Å². The Kier molecular flexibility index (Phi) is 126. The van der Waals surface area contributed by atoms with Crippen molar-refractivity contribution < 1.29 is 229 Å². The van der Waals surface area contributed by atoms with E-state index in [-0.39, 0.29) is 166 Å². The number of hydrogen-bond acceptors (Lipinski definition) is 13. The number of halogens is 20. The van der Waals surface area contributed by atoms with Crippen LogP contribution in [0.2, 0.25) is 0 Å². The molecule has 13 aromatic rings. The third-order valence-corrected chi connectivity index (χ3v) is 11.7. The predicted octanol–water partition coefficient (Wildman–Crippen LogP) is 8.48. The van der Waals surface area contributed by atoms with E-state index in [2.05, 4.69) is 97.7 Å². The predicted molar refractivity (Wildman–Crippen MR) is 434 cm³/mol. The molecule has 691 valence electrons. The molecule has 5 radical (unpaired) electrons. The Balaban J connectivity index is -0.0000000785. The summed E-state index contributed by atoms with van der Waals surface area (Å²) in [5, 5.41) is 65.7. The molecule has 5 aromatic heterocycles. The smallest absolute Gasteiger partial charge is 1.00 e. The fourth-order valence-electron chi connectivity index (χ4n) is 7.92. The SMILES string of the molecule is CC#N.CC#N.CC#N.CC#N.CC#N.CC#N.CC#N.CC#N.FB(F)F.FB(F)F.FB(F)F.FB(F)F.Fc1ccnc(-c2[c-]cc(C(F)(F)F)cc2)c1.O.O.[F-].[F-].[F-].[F-].[Ir].[Ir].[Ir].[Ir].[Ir].[Na+].[c-]1ccccc1-c1cc2ccccc2cn1.[c-]1ccccc1-c1ccccn1.[c-]1ccccc1-c1nccc2ccccc12.[c-]1ccccc1-c1nccc2ccccc12. The first-order valence-electron chi connectivity index (χ1n) is 32.7. The number of nitriles is 8. The maximum atomic E-state index is 12.9. The van der Waals surface area contributed by atoms with Gasteiger partial charge in [0.2, 0.25) is 0 Å². The molecule has 0 aliphatic heterocycles. The van der Waals surface area contributed by atoms with E-state index >= 15 is 0 Å². The maximum absolute atomic E-state index is 12.9. The van der Waals surface area contributed by atoms with Gasteiger partial charge in [-0.1, -0.05) is 91.0 Å². The Bertz CT molecular complexity index is 4790. The van der Waals surface area contributed by atoms with Gasteiger partial charge in [0.05, 0.1) is 48.6 Å². The zero-order chi connectivity index (χ0) is 89.0. The fraction of sp³-hybridized carbons (Fsp3) is 0.107. The van der Waals surface area contributed by atoms with E-state index in [0.29, 0.717) is 5.56 Å². The van der Waals surface area contributed by atoms with Crippen LogP contribution in [0.4, 0.5) is 69.3 Å². The second-order valence-electron chi connectivity index (χ2n) is 19.6. The summed E-state index contributed by atoms with van der Waals surface area (Å²) < 4.78 is 166. The van der Waals surface area contributed by atoms with Gasteiger partial charge < -0.3 is 54.7 Å². The topological polar surface area (TPSA) is 318 Å². The molecule has 0 aliphatic carbocycles. The van der Waals surface area contributed by atoms with Gasteiger partial charge in [0, 0.05) is 187 Å². The molecule has 5 heterocycles. The quantitative estimate of drug-likeness (QED) is 0.0887. The molecule has 0 spiro atoms. The molecule has 45 heteroatoms. The Morgan fingerprint density at radius 1 is 0.295 bits per heavy atom. The van der Waals surface area contributed by atoms with E-state index in [0.717, 1.165) is 69.3 Å². The molecule has 0 amide bonds. The molecule has 8 aromatic carbocycles. The van der Waals surface area contributed by atoms with Crippen LogP contribution < -0.4 is 48.4 Å². The van der Waals surface area contributed by atoms with Gasteiger partial charge in [0.25, 0.3) is 0 Å². The van der Waals surface area contributed by atoms with E-state index in [4.69, 9.17) is 42.1 Å². The third-order valence-electron chi connectivity index (χ3n) is 11.7. The number of nitrogens with zero attached hydrogens (tertiary/aromatic N) is 13. The van der Waals surface area contributed by atoms with Gasteiger partial charge in [-0.2, -0.15) is 55.3 Å². The van der Waals surface area contributed by atoms with Crippen LogP contribution in [0.25, 0.3) is 88.6 Å². The summed E-state index contributed by atoms with van der Waals surface area (Å²) in [6, 6.07) is 103. The average molecular weight is 2700 g/mol. The average Bonchev–Trinajstić information content (AvgIpc) is 0.810.